The molecule has 0 fully saturated rings. The van der Waals surface area contributed by atoms with Gasteiger partial charge in [-0.2, -0.15) is 5.10 Å². The third-order valence-electron chi connectivity index (χ3n) is 5.66. The smallest absolute Gasteiger partial charge is 0.185 e. The van der Waals surface area contributed by atoms with Gasteiger partial charge in [0.1, 0.15) is 24.5 Å². The number of hydrogen-bond donors (Lipinski definition) is 0. The van der Waals surface area contributed by atoms with Crippen LogP contribution in [0, 0.1) is 0 Å². The number of ketones is 1. The second-order valence-corrected chi connectivity index (χ2v) is 7.92. The molecule has 34 heavy (non-hydrogen) atoms. The van der Waals surface area contributed by atoms with Gasteiger partial charge in [0.05, 0.1) is 5.69 Å². The third kappa shape index (κ3) is 3.75. The summed E-state index contributed by atoms with van der Waals surface area (Å²) in [5.74, 6) is 1.75. The van der Waals surface area contributed by atoms with E-state index in [1.165, 1.54) is 0 Å². The molecule has 3 heterocycles. The van der Waals surface area contributed by atoms with E-state index in [-0.39, 0.29) is 5.78 Å². The fourth-order valence-corrected chi connectivity index (χ4v) is 3.97. The quantitative estimate of drug-likeness (QED) is 0.245. The number of furan rings is 1. The van der Waals surface area contributed by atoms with Crippen molar-refractivity contribution >= 4 is 22.8 Å². The lowest BCUT2D eigenvalue weighted by Crippen LogP contribution is -2.15. The first-order chi connectivity index (χ1) is 16.7. The molecule has 0 spiro atoms. The summed E-state index contributed by atoms with van der Waals surface area (Å²) in [6, 6.07) is 24.8. The van der Waals surface area contributed by atoms with E-state index in [0.29, 0.717) is 41.7 Å². The van der Waals surface area contributed by atoms with Crippen LogP contribution in [-0.2, 0) is 0 Å². The first-order valence-electron chi connectivity index (χ1n) is 11.0. The van der Waals surface area contributed by atoms with Crippen LogP contribution in [0.3, 0.4) is 0 Å². The molecule has 2 aromatic heterocycles. The zero-order valence-corrected chi connectivity index (χ0v) is 18.2. The summed E-state index contributed by atoms with van der Waals surface area (Å²) in [6.07, 6.45) is 5.21. The Morgan fingerprint density at radius 1 is 0.882 bits per heavy atom. The molecule has 5 aromatic rings. The largest absolute Gasteiger partial charge is 0.486 e. The Morgan fingerprint density at radius 2 is 1.68 bits per heavy atom. The molecule has 1 aliphatic heterocycles. The van der Waals surface area contributed by atoms with Gasteiger partial charge in [-0.1, -0.05) is 36.4 Å². The van der Waals surface area contributed by atoms with Crippen LogP contribution >= 0.6 is 0 Å². The number of hydrogen-bond acceptors (Lipinski definition) is 5. The molecule has 166 valence electrons. The Labute approximate surface area is 195 Å². The summed E-state index contributed by atoms with van der Waals surface area (Å²) in [4.78, 5) is 12.9. The van der Waals surface area contributed by atoms with Crippen LogP contribution in [0.1, 0.15) is 15.9 Å². The maximum atomic E-state index is 12.9. The topological polar surface area (TPSA) is 66.5 Å². The molecule has 1 aliphatic rings. The van der Waals surface area contributed by atoms with Crippen molar-refractivity contribution in [2.45, 2.75) is 0 Å². The van der Waals surface area contributed by atoms with Crippen molar-refractivity contribution in [2.75, 3.05) is 13.2 Å². The fraction of sp³-hybridized carbons (Fsp3) is 0.0714. The number of nitrogens with zero attached hydrogens (tertiary/aromatic N) is 2. The molecule has 0 bridgehead atoms. The van der Waals surface area contributed by atoms with Crippen LogP contribution in [0.2, 0.25) is 0 Å². The molecule has 0 saturated heterocycles. The molecule has 6 heteroatoms. The summed E-state index contributed by atoms with van der Waals surface area (Å²) in [5, 5.41) is 5.77. The summed E-state index contributed by atoms with van der Waals surface area (Å²) >= 11 is 0. The third-order valence-corrected chi connectivity index (χ3v) is 5.66. The van der Waals surface area contributed by atoms with Crippen molar-refractivity contribution in [3.8, 4) is 28.6 Å². The summed E-state index contributed by atoms with van der Waals surface area (Å²) in [7, 11) is 0. The SMILES string of the molecule is O=C(C=Cc1cn(-c2ccccc2)nc1-c1cc2ccccc2o1)c1ccc2c(c1)OCCO2. The van der Waals surface area contributed by atoms with Crippen LogP contribution in [0.15, 0.2) is 95.6 Å². The number of benzene rings is 3. The number of para-hydroxylation sites is 2. The Morgan fingerprint density at radius 3 is 2.53 bits per heavy atom. The zero-order chi connectivity index (χ0) is 22.9. The molecule has 0 atom stereocenters. The molecule has 0 aliphatic carbocycles. The molecular weight excluding hydrogens is 428 g/mol. The van der Waals surface area contributed by atoms with Gasteiger partial charge in [0, 0.05) is 22.7 Å². The van der Waals surface area contributed by atoms with Gasteiger partial charge in [-0.05, 0) is 54.6 Å². The second kappa shape index (κ2) is 8.41. The lowest BCUT2D eigenvalue weighted by molar-refractivity contribution is 0.104. The summed E-state index contributed by atoms with van der Waals surface area (Å²) in [6.45, 7) is 0.982. The van der Waals surface area contributed by atoms with Crippen LogP contribution in [0.4, 0.5) is 0 Å². The number of allylic oxidation sites excluding steroid dienone is 1. The van der Waals surface area contributed by atoms with Crippen molar-refractivity contribution in [3.63, 3.8) is 0 Å². The zero-order valence-electron chi connectivity index (χ0n) is 18.2. The van der Waals surface area contributed by atoms with E-state index >= 15 is 0 Å². The number of carbonyl (C=O) groups excluding carboxylic acids is 1. The van der Waals surface area contributed by atoms with Crippen LogP contribution < -0.4 is 9.47 Å². The molecule has 0 unspecified atom stereocenters. The van der Waals surface area contributed by atoms with E-state index in [1.807, 2.05) is 66.9 Å². The van der Waals surface area contributed by atoms with Crippen LogP contribution in [0.5, 0.6) is 11.5 Å². The predicted octanol–water partition coefficient (Wildman–Crippen LogP) is 5.95. The minimum Gasteiger partial charge on any atom is -0.486 e. The highest BCUT2D eigenvalue weighted by Gasteiger charge is 2.17. The number of rotatable bonds is 5. The van der Waals surface area contributed by atoms with Gasteiger partial charge in [-0.15, -0.1) is 0 Å². The lowest BCUT2D eigenvalue weighted by Gasteiger charge is -2.18. The van der Waals surface area contributed by atoms with Gasteiger partial charge >= 0.3 is 0 Å². The Bertz CT molecular complexity index is 1500. The van der Waals surface area contributed by atoms with Gasteiger partial charge in [0.2, 0.25) is 0 Å². The van der Waals surface area contributed by atoms with Gasteiger partial charge in [0.15, 0.2) is 23.0 Å². The predicted molar refractivity (Wildman–Crippen MR) is 130 cm³/mol. The molecule has 3 aromatic carbocycles. The highest BCUT2D eigenvalue weighted by molar-refractivity contribution is 6.07. The van der Waals surface area contributed by atoms with Crippen molar-refractivity contribution in [1.29, 1.82) is 0 Å². The van der Waals surface area contributed by atoms with Gasteiger partial charge < -0.3 is 13.9 Å². The minimum absolute atomic E-state index is 0.139. The van der Waals surface area contributed by atoms with E-state index in [4.69, 9.17) is 19.0 Å². The van der Waals surface area contributed by atoms with E-state index in [1.54, 1.807) is 35.0 Å². The monoisotopic (exact) mass is 448 g/mol. The van der Waals surface area contributed by atoms with E-state index in [2.05, 4.69) is 0 Å². The van der Waals surface area contributed by atoms with Crippen LogP contribution in [0.25, 0.3) is 34.2 Å². The van der Waals surface area contributed by atoms with Crippen LogP contribution in [-0.4, -0.2) is 28.8 Å². The van der Waals surface area contributed by atoms with Crippen molar-refractivity contribution in [2.24, 2.45) is 0 Å². The van der Waals surface area contributed by atoms with Gasteiger partial charge in [-0.3, -0.25) is 4.79 Å². The normalized spacial score (nSPS) is 12.9. The number of fused-ring (bicyclic) bond motifs is 2. The molecule has 0 N–H and O–H groups in total. The Kier molecular flexibility index (Phi) is 4.96. The average molecular weight is 448 g/mol. The fourth-order valence-electron chi connectivity index (χ4n) is 3.97. The second-order valence-electron chi connectivity index (χ2n) is 7.92. The van der Waals surface area contributed by atoms with E-state index < -0.39 is 0 Å². The molecule has 6 rings (SSSR count). The Hall–Kier alpha value is -4.58. The first kappa shape index (κ1) is 20.1. The van der Waals surface area contributed by atoms with Gasteiger partial charge in [0.25, 0.3) is 0 Å². The minimum atomic E-state index is -0.139. The summed E-state index contributed by atoms with van der Waals surface area (Å²) < 4.78 is 19.0. The Balaban J connectivity index is 1.38. The summed E-state index contributed by atoms with van der Waals surface area (Å²) in [5.41, 5.74) is 3.66. The van der Waals surface area contributed by atoms with E-state index in [9.17, 15) is 4.79 Å². The average Bonchev–Trinajstić information content (AvgIpc) is 3.52. The maximum absolute atomic E-state index is 12.9. The molecule has 0 radical (unpaired) electrons. The van der Waals surface area contributed by atoms with Crippen molar-refractivity contribution in [3.05, 3.63) is 102 Å². The van der Waals surface area contributed by atoms with Crippen molar-refractivity contribution < 1.29 is 18.7 Å². The molecule has 0 saturated carbocycles. The maximum Gasteiger partial charge on any atom is 0.185 e. The molecular formula is C28H20N2O4. The highest BCUT2D eigenvalue weighted by Crippen LogP contribution is 2.32. The van der Waals surface area contributed by atoms with Crippen molar-refractivity contribution in [1.82, 2.24) is 9.78 Å². The number of ether oxygens (including phenoxy) is 2. The number of carbonyl (C=O) groups is 1. The van der Waals surface area contributed by atoms with E-state index in [0.717, 1.165) is 22.2 Å². The standard InChI is InChI=1S/C28H20N2O4/c31-23(19-11-13-25-26(16-19)33-15-14-32-25)12-10-21-18-30(22-7-2-1-3-8-22)29-28(21)27-17-20-6-4-5-9-24(20)34-27/h1-13,16-18H,14-15H2. The highest BCUT2D eigenvalue weighted by atomic mass is 16.6. The van der Waals surface area contributed by atoms with Gasteiger partial charge in [-0.25, -0.2) is 4.68 Å². The number of aromatic nitrogens is 2. The molecule has 0 amide bonds. The first-order valence-corrected chi connectivity index (χ1v) is 11.0. The molecule has 6 nitrogen and oxygen atoms in total. The lowest BCUT2D eigenvalue weighted by atomic mass is 10.1.